The van der Waals surface area contributed by atoms with Crippen molar-refractivity contribution in [2.24, 2.45) is 0 Å². The first-order valence-corrected chi connectivity index (χ1v) is 10.5. The van der Waals surface area contributed by atoms with Gasteiger partial charge in [0.2, 0.25) is 5.95 Å². The Morgan fingerprint density at radius 2 is 1.94 bits per heavy atom. The van der Waals surface area contributed by atoms with Crippen molar-refractivity contribution < 1.29 is 19.0 Å². The monoisotopic (exact) mass is 468 g/mol. The minimum atomic E-state index is -0.0814. The summed E-state index contributed by atoms with van der Waals surface area (Å²) in [5.41, 5.74) is 2.17. The molecule has 0 saturated carbocycles. The number of carbonyl (C=O) groups excluding carboxylic acids is 1. The van der Waals surface area contributed by atoms with Crippen LogP contribution in [0.3, 0.4) is 0 Å². The van der Waals surface area contributed by atoms with Crippen molar-refractivity contribution in [2.45, 2.75) is 6.42 Å². The van der Waals surface area contributed by atoms with E-state index in [0.717, 1.165) is 11.3 Å². The molecular formula is C24H25ClN4O4. The van der Waals surface area contributed by atoms with Crippen LogP contribution in [-0.4, -0.2) is 43.2 Å². The van der Waals surface area contributed by atoms with E-state index in [0.29, 0.717) is 47.2 Å². The van der Waals surface area contributed by atoms with Gasteiger partial charge in [-0.1, -0.05) is 36.4 Å². The van der Waals surface area contributed by atoms with Crippen LogP contribution in [0.25, 0.3) is 0 Å². The van der Waals surface area contributed by atoms with Crippen molar-refractivity contribution in [1.82, 2.24) is 9.97 Å². The number of nitrogens with zero attached hydrogens (tertiary/aromatic N) is 2. The van der Waals surface area contributed by atoms with Gasteiger partial charge in [-0.25, -0.2) is 4.98 Å². The van der Waals surface area contributed by atoms with E-state index in [1.165, 1.54) is 12.3 Å². The van der Waals surface area contributed by atoms with Crippen molar-refractivity contribution in [3.8, 4) is 11.5 Å². The highest BCUT2D eigenvalue weighted by Crippen LogP contribution is 2.32. The molecule has 2 aromatic carbocycles. The molecule has 0 bridgehead atoms. The number of carbonyl (C=O) groups is 1. The maximum atomic E-state index is 11.8. The summed E-state index contributed by atoms with van der Waals surface area (Å²) in [5, 5.41) is 6.66. The number of hydrogen-bond donors (Lipinski definition) is 2. The molecular weight excluding hydrogens is 444 g/mol. The molecule has 0 aliphatic carbocycles. The minimum Gasteiger partial charge on any atom is -0.494 e. The second-order valence-corrected chi connectivity index (χ2v) is 7.26. The van der Waals surface area contributed by atoms with Gasteiger partial charge in [-0.2, -0.15) is 4.98 Å². The number of nitrogens with one attached hydrogen (secondary N) is 2. The van der Waals surface area contributed by atoms with Crippen LogP contribution in [0, 0.1) is 0 Å². The Bertz CT molecular complexity index is 1120. The molecule has 0 atom stereocenters. The fourth-order valence-corrected chi connectivity index (χ4v) is 3.07. The summed E-state index contributed by atoms with van der Waals surface area (Å²) in [7, 11) is 3.18. The van der Waals surface area contributed by atoms with E-state index in [1.54, 1.807) is 20.3 Å². The van der Waals surface area contributed by atoms with Crippen molar-refractivity contribution in [3.63, 3.8) is 0 Å². The van der Waals surface area contributed by atoms with E-state index >= 15 is 0 Å². The molecule has 33 heavy (non-hydrogen) atoms. The normalized spacial score (nSPS) is 10.4. The summed E-state index contributed by atoms with van der Waals surface area (Å²) in [4.78, 5) is 20.6. The van der Waals surface area contributed by atoms with Crippen molar-refractivity contribution in [2.75, 3.05) is 38.1 Å². The van der Waals surface area contributed by atoms with Crippen LogP contribution in [0.4, 0.5) is 23.1 Å². The lowest BCUT2D eigenvalue weighted by atomic mass is 10.1. The molecule has 2 N–H and O–H groups in total. The molecule has 9 heteroatoms. The van der Waals surface area contributed by atoms with Crippen LogP contribution in [0.5, 0.6) is 11.5 Å². The van der Waals surface area contributed by atoms with E-state index in [2.05, 4.69) is 27.2 Å². The highest BCUT2D eigenvalue weighted by atomic mass is 35.5. The quantitative estimate of drug-likeness (QED) is 0.285. The highest BCUT2D eigenvalue weighted by Gasteiger charge is 2.12. The number of hydrogen-bond acceptors (Lipinski definition) is 8. The van der Waals surface area contributed by atoms with Gasteiger partial charge in [0.1, 0.15) is 23.1 Å². The van der Waals surface area contributed by atoms with E-state index in [-0.39, 0.29) is 12.2 Å². The first-order valence-electron chi connectivity index (χ1n) is 10.1. The number of ether oxygens (including phenoxy) is 3. The third kappa shape index (κ3) is 6.68. The van der Waals surface area contributed by atoms with Crippen LogP contribution in [0.15, 0.2) is 61.3 Å². The number of para-hydroxylation sites is 1. The van der Waals surface area contributed by atoms with E-state index in [1.807, 2.05) is 36.4 Å². The second-order valence-electron chi connectivity index (χ2n) is 6.85. The molecule has 1 aromatic heterocycles. The summed E-state index contributed by atoms with van der Waals surface area (Å²) in [5.74, 6) is 1.84. The number of halogens is 1. The standard InChI is InChI=1S/C24H25ClN4O4/c1-4-17(30)13-16-7-5-6-8-20(16)27-23-19(25)15-26-24(29-23)28-21-10-9-18(14-22(21)32-3)33-12-11-31-2/h4-10,14-15H,1,11-13H2,2-3H3,(H2,26,27,28,29). The van der Waals surface area contributed by atoms with Gasteiger partial charge in [-0.3, -0.25) is 4.79 Å². The largest absolute Gasteiger partial charge is 0.494 e. The zero-order valence-corrected chi connectivity index (χ0v) is 19.2. The minimum absolute atomic E-state index is 0.0814. The van der Waals surface area contributed by atoms with Crippen LogP contribution < -0.4 is 20.1 Å². The molecule has 0 radical (unpaired) electrons. The SMILES string of the molecule is C=CC(=O)Cc1ccccc1Nc1nc(Nc2ccc(OCCOC)cc2OC)ncc1Cl. The zero-order chi connectivity index (χ0) is 23.6. The Hall–Kier alpha value is -3.62. The Balaban J connectivity index is 1.80. The number of benzene rings is 2. The highest BCUT2D eigenvalue weighted by molar-refractivity contribution is 6.32. The predicted molar refractivity (Wildman–Crippen MR) is 129 cm³/mol. The molecule has 8 nitrogen and oxygen atoms in total. The van der Waals surface area contributed by atoms with Gasteiger partial charge >= 0.3 is 0 Å². The molecule has 3 rings (SSSR count). The smallest absolute Gasteiger partial charge is 0.229 e. The third-order valence-corrected chi connectivity index (χ3v) is 4.86. The predicted octanol–water partition coefficient (Wildman–Crippen LogP) is 4.95. The lowest BCUT2D eigenvalue weighted by Gasteiger charge is -2.15. The first-order chi connectivity index (χ1) is 16.0. The fourth-order valence-electron chi connectivity index (χ4n) is 2.93. The van der Waals surface area contributed by atoms with Gasteiger partial charge in [-0.05, 0) is 29.8 Å². The van der Waals surface area contributed by atoms with Crippen LogP contribution in [0.2, 0.25) is 5.02 Å². The Morgan fingerprint density at radius 1 is 1.12 bits per heavy atom. The van der Waals surface area contributed by atoms with Crippen molar-refractivity contribution in [3.05, 3.63) is 71.9 Å². The molecule has 172 valence electrons. The summed E-state index contributed by atoms with van der Waals surface area (Å²) < 4.78 is 16.1. The molecule has 0 unspecified atom stereocenters. The summed E-state index contributed by atoms with van der Waals surface area (Å²) in [6.07, 6.45) is 3.01. The topological polar surface area (TPSA) is 94.6 Å². The van der Waals surface area contributed by atoms with Crippen LogP contribution in [-0.2, 0) is 16.0 Å². The van der Waals surface area contributed by atoms with Crippen molar-refractivity contribution in [1.29, 1.82) is 0 Å². The van der Waals surface area contributed by atoms with Gasteiger partial charge in [0.15, 0.2) is 11.6 Å². The molecule has 0 amide bonds. The number of allylic oxidation sites excluding steroid dienone is 1. The average Bonchev–Trinajstić information content (AvgIpc) is 2.83. The number of rotatable bonds is 12. The van der Waals surface area contributed by atoms with Gasteiger partial charge in [0.05, 0.1) is 25.6 Å². The van der Waals surface area contributed by atoms with E-state index in [9.17, 15) is 4.79 Å². The Kier molecular flexibility index (Phi) is 8.63. The summed E-state index contributed by atoms with van der Waals surface area (Å²) >= 11 is 6.32. The summed E-state index contributed by atoms with van der Waals surface area (Å²) in [6, 6.07) is 12.8. The molecule has 3 aromatic rings. The van der Waals surface area contributed by atoms with Gasteiger partial charge in [0.25, 0.3) is 0 Å². The lowest BCUT2D eigenvalue weighted by Crippen LogP contribution is -2.06. The molecule has 1 heterocycles. The average molecular weight is 469 g/mol. The Morgan fingerprint density at radius 3 is 2.70 bits per heavy atom. The molecule has 0 aliphatic rings. The maximum absolute atomic E-state index is 11.8. The third-order valence-electron chi connectivity index (χ3n) is 4.58. The van der Waals surface area contributed by atoms with Crippen LogP contribution in [0.1, 0.15) is 5.56 Å². The molecule has 0 saturated heterocycles. The van der Waals surface area contributed by atoms with Crippen LogP contribution >= 0.6 is 11.6 Å². The van der Waals surface area contributed by atoms with Crippen molar-refractivity contribution >= 4 is 40.5 Å². The summed E-state index contributed by atoms with van der Waals surface area (Å²) in [6.45, 7) is 4.45. The van der Waals surface area contributed by atoms with Gasteiger partial charge in [-0.15, -0.1) is 0 Å². The number of methoxy groups -OCH3 is 2. The number of anilines is 4. The van der Waals surface area contributed by atoms with Gasteiger partial charge < -0.3 is 24.8 Å². The van der Waals surface area contributed by atoms with E-state index < -0.39 is 0 Å². The molecule has 0 aliphatic heterocycles. The molecule has 0 fully saturated rings. The van der Waals surface area contributed by atoms with E-state index in [4.69, 9.17) is 25.8 Å². The zero-order valence-electron chi connectivity index (χ0n) is 18.4. The number of aromatic nitrogens is 2. The maximum Gasteiger partial charge on any atom is 0.229 e. The second kappa shape index (κ2) is 11.8. The first kappa shape index (κ1) is 24.0. The fraction of sp³-hybridized carbons (Fsp3) is 0.208. The number of ketones is 1. The lowest BCUT2D eigenvalue weighted by molar-refractivity contribution is -0.114. The molecule has 0 spiro atoms. The van der Waals surface area contributed by atoms with Gasteiger partial charge in [0, 0.05) is 25.3 Å². The Labute approximate surface area is 197 Å².